The molecule has 166 valence electrons. The summed E-state index contributed by atoms with van der Waals surface area (Å²) in [5, 5.41) is 0. The molecule has 0 unspecified atom stereocenters. The number of anilines is 1. The molecule has 3 fully saturated rings. The molecule has 9 heteroatoms. The highest BCUT2D eigenvalue weighted by Gasteiger charge is 2.27. The summed E-state index contributed by atoms with van der Waals surface area (Å²) in [7, 11) is -3.52. The van der Waals surface area contributed by atoms with E-state index in [0.29, 0.717) is 45.8 Å². The van der Waals surface area contributed by atoms with Crippen LogP contribution in [0.1, 0.15) is 38.5 Å². The summed E-state index contributed by atoms with van der Waals surface area (Å²) in [6, 6.07) is 3.40. The van der Waals surface area contributed by atoms with Gasteiger partial charge in [0, 0.05) is 51.9 Å². The molecule has 0 atom stereocenters. The highest BCUT2D eigenvalue weighted by Crippen LogP contribution is 2.29. The van der Waals surface area contributed by atoms with Gasteiger partial charge in [-0.05, 0) is 24.5 Å². The molecule has 3 heterocycles. The predicted octanol–water partition coefficient (Wildman–Crippen LogP) is 1.72. The van der Waals surface area contributed by atoms with Gasteiger partial charge < -0.3 is 14.5 Å². The fraction of sp³-hybridized carbons (Fsp3) is 0.714. The summed E-state index contributed by atoms with van der Waals surface area (Å²) >= 11 is 0. The third-order valence-corrected chi connectivity index (χ3v) is 8.41. The largest absolute Gasteiger partial charge is 0.379 e. The van der Waals surface area contributed by atoms with E-state index in [9.17, 15) is 13.2 Å². The predicted molar refractivity (Wildman–Crippen MR) is 114 cm³/mol. The van der Waals surface area contributed by atoms with Crippen LogP contribution in [-0.4, -0.2) is 81.0 Å². The second-order valence-corrected chi connectivity index (χ2v) is 10.4. The van der Waals surface area contributed by atoms with Crippen LogP contribution in [0.5, 0.6) is 0 Å². The lowest BCUT2D eigenvalue weighted by molar-refractivity contribution is -0.131. The van der Waals surface area contributed by atoms with E-state index in [-0.39, 0.29) is 10.8 Å². The molecule has 1 saturated carbocycles. The van der Waals surface area contributed by atoms with Crippen LogP contribution in [0, 0.1) is 5.92 Å². The second kappa shape index (κ2) is 9.62. The van der Waals surface area contributed by atoms with E-state index in [1.165, 1.54) is 36.2 Å². The maximum Gasteiger partial charge on any atom is 0.244 e. The van der Waals surface area contributed by atoms with Crippen LogP contribution in [0.15, 0.2) is 23.2 Å². The normalized spacial score (nSPS) is 21.9. The molecule has 0 N–H and O–H groups in total. The minimum atomic E-state index is -3.52. The van der Waals surface area contributed by atoms with Crippen molar-refractivity contribution in [2.24, 2.45) is 5.92 Å². The lowest BCUT2D eigenvalue weighted by atomic mass is 10.0. The standard InChI is InChI=1S/C21H32N4O4S/c26-21(8-5-18-3-1-2-4-18)24-11-9-23(10-12-24)20-7-6-19(17-22-20)30(27,28)25-13-15-29-16-14-25/h6-7,17-18H,1-5,8-16H2. The van der Waals surface area contributed by atoms with Crippen molar-refractivity contribution in [3.05, 3.63) is 18.3 Å². The van der Waals surface area contributed by atoms with Crippen molar-refractivity contribution in [2.75, 3.05) is 57.4 Å². The van der Waals surface area contributed by atoms with Crippen molar-refractivity contribution in [2.45, 2.75) is 43.4 Å². The average molecular weight is 437 g/mol. The molecule has 1 aliphatic carbocycles. The summed E-state index contributed by atoms with van der Waals surface area (Å²) in [5.74, 6) is 1.77. The molecule has 0 aromatic carbocycles. The van der Waals surface area contributed by atoms with Gasteiger partial charge in [-0.3, -0.25) is 4.79 Å². The fourth-order valence-corrected chi connectivity index (χ4v) is 5.97. The van der Waals surface area contributed by atoms with E-state index in [1.54, 1.807) is 12.1 Å². The van der Waals surface area contributed by atoms with Gasteiger partial charge in [-0.2, -0.15) is 4.31 Å². The smallest absolute Gasteiger partial charge is 0.244 e. The lowest BCUT2D eigenvalue weighted by Crippen LogP contribution is -2.49. The Bertz CT molecular complexity index is 810. The van der Waals surface area contributed by atoms with Crippen molar-refractivity contribution in [3.8, 4) is 0 Å². The van der Waals surface area contributed by atoms with Crippen molar-refractivity contribution in [3.63, 3.8) is 0 Å². The summed E-state index contributed by atoms with van der Waals surface area (Å²) < 4.78 is 32.1. The number of rotatable bonds is 6. The van der Waals surface area contributed by atoms with Gasteiger partial charge in [0.15, 0.2) is 0 Å². The molecule has 2 saturated heterocycles. The van der Waals surface area contributed by atoms with Crippen LogP contribution in [-0.2, 0) is 19.6 Å². The third kappa shape index (κ3) is 4.95. The first kappa shape index (κ1) is 21.5. The number of carbonyl (C=O) groups excluding carboxylic acids is 1. The van der Waals surface area contributed by atoms with E-state index in [4.69, 9.17) is 4.74 Å². The molecule has 0 bridgehead atoms. The number of ether oxygens (including phenoxy) is 1. The van der Waals surface area contributed by atoms with E-state index in [2.05, 4.69) is 9.88 Å². The van der Waals surface area contributed by atoms with Crippen LogP contribution in [0.2, 0.25) is 0 Å². The van der Waals surface area contributed by atoms with Gasteiger partial charge in [-0.15, -0.1) is 0 Å². The number of nitrogens with zero attached hydrogens (tertiary/aromatic N) is 4. The van der Waals surface area contributed by atoms with Crippen molar-refractivity contribution >= 4 is 21.7 Å². The van der Waals surface area contributed by atoms with Gasteiger partial charge in [-0.1, -0.05) is 25.7 Å². The zero-order valence-electron chi connectivity index (χ0n) is 17.5. The summed E-state index contributed by atoms with van der Waals surface area (Å²) in [6.45, 7) is 4.43. The van der Waals surface area contributed by atoms with E-state index >= 15 is 0 Å². The van der Waals surface area contributed by atoms with Gasteiger partial charge in [0.1, 0.15) is 10.7 Å². The topological polar surface area (TPSA) is 83.1 Å². The molecule has 1 amide bonds. The summed E-state index contributed by atoms with van der Waals surface area (Å²) in [6.07, 6.45) is 8.33. The third-order valence-electron chi connectivity index (χ3n) is 6.53. The molecule has 2 aliphatic heterocycles. The van der Waals surface area contributed by atoms with E-state index < -0.39 is 10.0 Å². The quantitative estimate of drug-likeness (QED) is 0.675. The molecule has 30 heavy (non-hydrogen) atoms. The Hall–Kier alpha value is -1.71. The Morgan fingerprint density at radius 1 is 1.03 bits per heavy atom. The highest BCUT2D eigenvalue weighted by atomic mass is 32.2. The van der Waals surface area contributed by atoms with E-state index in [0.717, 1.165) is 31.2 Å². The average Bonchev–Trinajstić information content (AvgIpc) is 3.32. The zero-order chi connectivity index (χ0) is 21.0. The lowest BCUT2D eigenvalue weighted by Gasteiger charge is -2.35. The van der Waals surface area contributed by atoms with Gasteiger partial charge in [0.25, 0.3) is 0 Å². The minimum absolute atomic E-state index is 0.217. The maximum atomic E-state index is 12.7. The number of aromatic nitrogens is 1. The number of carbonyl (C=O) groups is 1. The SMILES string of the molecule is O=C(CCC1CCCC1)N1CCN(c2ccc(S(=O)(=O)N3CCOCC3)cn2)CC1. The van der Waals surface area contributed by atoms with E-state index in [1.807, 2.05) is 4.90 Å². The van der Waals surface area contributed by atoms with Crippen molar-refractivity contribution < 1.29 is 17.9 Å². The minimum Gasteiger partial charge on any atom is -0.379 e. The fourth-order valence-electron chi connectivity index (χ4n) is 4.62. The van der Waals surface area contributed by atoms with Crippen molar-refractivity contribution in [1.29, 1.82) is 0 Å². The molecular formula is C21H32N4O4S. The Labute approximate surface area is 179 Å². The van der Waals surface area contributed by atoms with Gasteiger partial charge in [0.05, 0.1) is 13.2 Å². The van der Waals surface area contributed by atoms with Crippen LogP contribution in [0.3, 0.4) is 0 Å². The Balaban J connectivity index is 1.28. The monoisotopic (exact) mass is 436 g/mol. The highest BCUT2D eigenvalue weighted by molar-refractivity contribution is 7.89. The molecule has 1 aromatic heterocycles. The summed E-state index contributed by atoms with van der Waals surface area (Å²) in [4.78, 5) is 21.2. The van der Waals surface area contributed by atoms with Crippen LogP contribution in [0.4, 0.5) is 5.82 Å². The summed E-state index contributed by atoms with van der Waals surface area (Å²) in [5.41, 5.74) is 0. The number of morpholine rings is 1. The number of amides is 1. The molecule has 0 radical (unpaired) electrons. The molecule has 0 spiro atoms. The first-order valence-corrected chi connectivity index (χ1v) is 12.5. The first-order chi connectivity index (χ1) is 14.5. The molecule has 8 nitrogen and oxygen atoms in total. The molecule has 1 aromatic rings. The number of hydrogen-bond acceptors (Lipinski definition) is 6. The number of pyridine rings is 1. The Morgan fingerprint density at radius 2 is 1.73 bits per heavy atom. The Morgan fingerprint density at radius 3 is 2.37 bits per heavy atom. The van der Waals surface area contributed by atoms with Crippen LogP contribution >= 0.6 is 0 Å². The number of piperazine rings is 1. The Kier molecular flexibility index (Phi) is 6.90. The van der Waals surface area contributed by atoms with Gasteiger partial charge in [0.2, 0.25) is 15.9 Å². The van der Waals surface area contributed by atoms with Crippen molar-refractivity contribution in [1.82, 2.24) is 14.2 Å². The second-order valence-electron chi connectivity index (χ2n) is 8.43. The number of sulfonamides is 1. The maximum absolute atomic E-state index is 12.7. The van der Waals surface area contributed by atoms with Crippen LogP contribution < -0.4 is 4.90 Å². The van der Waals surface area contributed by atoms with Gasteiger partial charge >= 0.3 is 0 Å². The molecule has 4 rings (SSSR count). The number of hydrogen-bond donors (Lipinski definition) is 0. The first-order valence-electron chi connectivity index (χ1n) is 11.1. The van der Waals surface area contributed by atoms with Crippen LogP contribution in [0.25, 0.3) is 0 Å². The zero-order valence-corrected chi connectivity index (χ0v) is 18.4. The molecular weight excluding hydrogens is 404 g/mol. The van der Waals surface area contributed by atoms with Gasteiger partial charge in [-0.25, -0.2) is 13.4 Å². The molecule has 3 aliphatic rings.